The van der Waals surface area contributed by atoms with E-state index in [1.165, 1.54) is 24.0 Å². The highest BCUT2D eigenvalue weighted by molar-refractivity contribution is 9.10. The Morgan fingerprint density at radius 1 is 1.36 bits per heavy atom. The summed E-state index contributed by atoms with van der Waals surface area (Å²) in [5.74, 6) is 0.775. The van der Waals surface area contributed by atoms with Crippen molar-refractivity contribution in [3.8, 4) is 0 Å². The molecule has 1 fully saturated rings. The number of nitrogens with one attached hydrogen (secondary N) is 1. The second kappa shape index (κ2) is 2.83. The number of hydrogen-bond acceptors (Lipinski definition) is 1. The molecule has 0 unspecified atom stereocenters. The smallest absolute Gasteiger partial charge is 0.251 e. The third kappa shape index (κ3) is 1.19. The molecule has 1 saturated carbocycles. The van der Waals surface area contributed by atoms with Crippen molar-refractivity contribution in [2.75, 3.05) is 0 Å². The normalized spacial score (nSPS) is 19.4. The van der Waals surface area contributed by atoms with Crippen molar-refractivity contribution >= 4 is 21.8 Å². The van der Waals surface area contributed by atoms with Crippen LogP contribution in [0.3, 0.4) is 0 Å². The largest absolute Gasteiger partial charge is 0.348 e. The van der Waals surface area contributed by atoms with Gasteiger partial charge < -0.3 is 5.32 Å². The average molecular weight is 252 g/mol. The molecular weight excluding hydrogens is 242 g/mol. The van der Waals surface area contributed by atoms with Crippen molar-refractivity contribution in [2.45, 2.75) is 25.3 Å². The van der Waals surface area contributed by atoms with Crippen LogP contribution in [0.15, 0.2) is 16.6 Å². The summed E-state index contributed by atoms with van der Waals surface area (Å²) in [5.41, 5.74) is 3.45. The second-order valence-corrected chi connectivity index (χ2v) is 4.89. The maximum atomic E-state index is 11.5. The zero-order chi connectivity index (χ0) is 9.71. The average Bonchev–Trinajstić information content (AvgIpc) is 2.93. The van der Waals surface area contributed by atoms with Gasteiger partial charge in [-0.05, 0) is 42.0 Å². The summed E-state index contributed by atoms with van der Waals surface area (Å²) >= 11 is 3.46. The number of halogens is 1. The molecule has 1 aliphatic carbocycles. The maximum Gasteiger partial charge on any atom is 0.251 e. The van der Waals surface area contributed by atoms with E-state index < -0.39 is 0 Å². The predicted molar refractivity (Wildman–Crippen MR) is 57.3 cm³/mol. The van der Waals surface area contributed by atoms with Crippen LogP contribution in [-0.4, -0.2) is 5.91 Å². The van der Waals surface area contributed by atoms with Gasteiger partial charge in [-0.2, -0.15) is 0 Å². The Labute approximate surface area is 90.8 Å². The van der Waals surface area contributed by atoms with Crippen LogP contribution in [0.5, 0.6) is 0 Å². The van der Waals surface area contributed by atoms with Crippen LogP contribution in [0.25, 0.3) is 0 Å². The molecule has 0 atom stereocenters. The van der Waals surface area contributed by atoms with Crippen LogP contribution >= 0.6 is 15.9 Å². The Balaban J connectivity index is 2.20. The van der Waals surface area contributed by atoms with Crippen LogP contribution < -0.4 is 5.32 Å². The summed E-state index contributed by atoms with van der Waals surface area (Å²) in [7, 11) is 0. The lowest BCUT2D eigenvalue weighted by molar-refractivity contribution is 0.0965. The molecule has 2 aliphatic rings. The Bertz CT molecular complexity index is 424. The van der Waals surface area contributed by atoms with Gasteiger partial charge in [0.1, 0.15) is 0 Å². The lowest BCUT2D eigenvalue weighted by Gasteiger charge is -2.05. The molecular formula is C11H10BrNO. The molecule has 1 aromatic rings. The molecule has 3 heteroatoms. The highest BCUT2D eigenvalue weighted by Crippen LogP contribution is 2.44. The third-order valence-electron chi connectivity index (χ3n) is 2.94. The topological polar surface area (TPSA) is 29.1 Å². The van der Waals surface area contributed by atoms with E-state index in [0.717, 1.165) is 10.0 Å². The van der Waals surface area contributed by atoms with Crippen molar-refractivity contribution in [1.29, 1.82) is 0 Å². The first kappa shape index (κ1) is 8.48. The Morgan fingerprint density at radius 3 is 2.86 bits per heavy atom. The van der Waals surface area contributed by atoms with Gasteiger partial charge in [-0.25, -0.2) is 0 Å². The molecule has 0 radical (unpaired) electrons. The van der Waals surface area contributed by atoms with Gasteiger partial charge in [0, 0.05) is 16.6 Å². The van der Waals surface area contributed by atoms with E-state index in [1.54, 1.807) is 0 Å². The molecule has 1 heterocycles. The first-order valence-electron chi connectivity index (χ1n) is 4.86. The van der Waals surface area contributed by atoms with Crippen molar-refractivity contribution in [2.24, 2.45) is 0 Å². The predicted octanol–water partition coefficient (Wildman–Crippen LogP) is 2.57. The van der Waals surface area contributed by atoms with Gasteiger partial charge >= 0.3 is 0 Å². The number of benzene rings is 1. The van der Waals surface area contributed by atoms with Crippen molar-refractivity contribution in [3.05, 3.63) is 33.3 Å². The molecule has 3 rings (SSSR count). The zero-order valence-corrected chi connectivity index (χ0v) is 9.23. The molecule has 1 N–H and O–H groups in total. The minimum Gasteiger partial charge on any atom is -0.348 e. The summed E-state index contributed by atoms with van der Waals surface area (Å²) in [6.07, 6.45) is 2.55. The second-order valence-electron chi connectivity index (χ2n) is 3.98. The SMILES string of the molecule is O=C1NCc2c1cc(Br)cc2C1CC1. The van der Waals surface area contributed by atoms with Crippen LogP contribution in [0, 0.1) is 0 Å². The van der Waals surface area contributed by atoms with E-state index in [4.69, 9.17) is 0 Å². The highest BCUT2D eigenvalue weighted by Gasteiger charge is 2.31. The summed E-state index contributed by atoms with van der Waals surface area (Å²) in [6, 6.07) is 4.08. The number of fused-ring (bicyclic) bond motifs is 1. The Hall–Kier alpha value is -0.830. The van der Waals surface area contributed by atoms with Gasteiger partial charge in [-0.3, -0.25) is 4.79 Å². The maximum absolute atomic E-state index is 11.5. The molecule has 0 bridgehead atoms. The van der Waals surface area contributed by atoms with E-state index >= 15 is 0 Å². The molecule has 14 heavy (non-hydrogen) atoms. The minimum atomic E-state index is 0.0724. The third-order valence-corrected chi connectivity index (χ3v) is 3.39. The van der Waals surface area contributed by atoms with Crippen molar-refractivity contribution in [1.82, 2.24) is 5.32 Å². The molecule has 72 valence electrons. The number of rotatable bonds is 1. The summed E-state index contributed by atoms with van der Waals surface area (Å²) in [5, 5.41) is 2.88. The van der Waals surface area contributed by atoms with Crippen molar-refractivity contribution in [3.63, 3.8) is 0 Å². The monoisotopic (exact) mass is 251 g/mol. The van der Waals surface area contributed by atoms with E-state index in [2.05, 4.69) is 27.3 Å². The molecule has 0 spiro atoms. The molecule has 0 saturated heterocycles. The van der Waals surface area contributed by atoms with Crippen LogP contribution in [0.2, 0.25) is 0 Å². The quantitative estimate of drug-likeness (QED) is 0.817. The molecule has 0 aromatic heterocycles. The minimum absolute atomic E-state index is 0.0724. The van der Waals surface area contributed by atoms with Gasteiger partial charge in [-0.1, -0.05) is 15.9 Å². The summed E-state index contributed by atoms with van der Waals surface area (Å²) in [4.78, 5) is 11.5. The fourth-order valence-corrected chi connectivity index (χ4v) is 2.56. The van der Waals surface area contributed by atoms with Crippen molar-refractivity contribution < 1.29 is 4.79 Å². The molecule has 1 aromatic carbocycles. The molecule has 1 amide bonds. The fraction of sp³-hybridized carbons (Fsp3) is 0.364. The number of amides is 1. The first-order valence-corrected chi connectivity index (χ1v) is 5.65. The highest BCUT2D eigenvalue weighted by atomic mass is 79.9. The zero-order valence-electron chi connectivity index (χ0n) is 7.64. The standard InChI is InChI=1S/C11H10BrNO/c12-7-3-8(6-1-2-6)10-5-13-11(14)9(10)4-7/h3-4,6H,1-2,5H2,(H,13,14). The van der Waals surface area contributed by atoms with E-state index in [9.17, 15) is 4.79 Å². The molecule has 2 nitrogen and oxygen atoms in total. The lowest BCUT2D eigenvalue weighted by atomic mass is 10.00. The Morgan fingerprint density at radius 2 is 2.14 bits per heavy atom. The van der Waals surface area contributed by atoms with Crippen LogP contribution in [0.4, 0.5) is 0 Å². The van der Waals surface area contributed by atoms with E-state index in [1.807, 2.05) is 6.07 Å². The Kier molecular flexibility index (Phi) is 1.71. The number of carbonyl (C=O) groups excluding carboxylic acids is 1. The summed E-state index contributed by atoms with van der Waals surface area (Å²) < 4.78 is 1.02. The van der Waals surface area contributed by atoms with Gasteiger partial charge in [0.05, 0.1) is 0 Å². The van der Waals surface area contributed by atoms with Gasteiger partial charge in [-0.15, -0.1) is 0 Å². The van der Waals surface area contributed by atoms with Crippen LogP contribution in [0.1, 0.15) is 40.2 Å². The lowest BCUT2D eigenvalue weighted by Crippen LogP contribution is -2.12. The number of carbonyl (C=O) groups is 1. The van der Waals surface area contributed by atoms with E-state index in [0.29, 0.717) is 12.5 Å². The van der Waals surface area contributed by atoms with E-state index in [-0.39, 0.29) is 5.91 Å². The summed E-state index contributed by atoms with van der Waals surface area (Å²) in [6.45, 7) is 0.716. The van der Waals surface area contributed by atoms with Gasteiger partial charge in [0.25, 0.3) is 5.91 Å². The number of hydrogen-bond donors (Lipinski definition) is 1. The van der Waals surface area contributed by atoms with Crippen LogP contribution in [-0.2, 0) is 6.54 Å². The van der Waals surface area contributed by atoms with Gasteiger partial charge in [0.2, 0.25) is 0 Å². The first-order chi connectivity index (χ1) is 6.75. The van der Waals surface area contributed by atoms with Gasteiger partial charge in [0.15, 0.2) is 0 Å². The fourth-order valence-electron chi connectivity index (χ4n) is 2.08. The molecule has 1 aliphatic heterocycles.